The van der Waals surface area contributed by atoms with Gasteiger partial charge < -0.3 is 9.47 Å². The lowest BCUT2D eigenvalue weighted by molar-refractivity contribution is 0.138. The van der Waals surface area contributed by atoms with E-state index in [1.807, 2.05) is 0 Å². The van der Waals surface area contributed by atoms with Crippen molar-refractivity contribution in [1.29, 1.82) is 0 Å². The van der Waals surface area contributed by atoms with E-state index in [4.69, 9.17) is 0 Å². The number of aryl methyl sites for hydroxylation is 1. The van der Waals surface area contributed by atoms with Crippen molar-refractivity contribution in [2.24, 2.45) is 11.8 Å². The van der Waals surface area contributed by atoms with Crippen molar-refractivity contribution in [3.63, 3.8) is 0 Å². The maximum absolute atomic E-state index is 4.49. The van der Waals surface area contributed by atoms with Gasteiger partial charge in [0.2, 0.25) is 0 Å². The van der Waals surface area contributed by atoms with Crippen LogP contribution < -0.4 is 0 Å². The first-order chi connectivity index (χ1) is 9.63. The van der Waals surface area contributed by atoms with Gasteiger partial charge in [0.1, 0.15) is 11.6 Å². The van der Waals surface area contributed by atoms with Gasteiger partial charge in [-0.15, -0.1) is 10.2 Å². The Bertz CT molecular complexity index is 451. The highest BCUT2D eigenvalue weighted by molar-refractivity contribution is 5.01. The van der Waals surface area contributed by atoms with Crippen LogP contribution in [0.1, 0.15) is 51.7 Å². The fraction of sp³-hybridized carbons (Fsp3) is 0.875. The molecule has 1 aromatic rings. The predicted molar refractivity (Wildman–Crippen MR) is 80.6 cm³/mol. The lowest BCUT2D eigenvalue weighted by Gasteiger charge is -2.35. The van der Waals surface area contributed by atoms with Gasteiger partial charge in [0.05, 0.1) is 0 Å². The number of aromatic nitrogens is 3. The predicted octanol–water partition coefficient (Wildman–Crippen LogP) is 2.52. The molecule has 0 saturated carbocycles. The molecule has 0 amide bonds. The normalized spacial score (nSPS) is 27.8. The van der Waals surface area contributed by atoms with Gasteiger partial charge in [0.25, 0.3) is 0 Å². The van der Waals surface area contributed by atoms with Crippen LogP contribution in [-0.4, -0.2) is 38.8 Å². The molecular formula is C16H28N4. The second-order valence-electron chi connectivity index (χ2n) is 7.09. The van der Waals surface area contributed by atoms with E-state index < -0.39 is 0 Å². The summed E-state index contributed by atoms with van der Waals surface area (Å²) in [7, 11) is 0. The minimum atomic E-state index is 0.671. The molecule has 0 bridgehead atoms. The summed E-state index contributed by atoms with van der Waals surface area (Å²) in [5.74, 6) is 3.99. The average Bonchev–Trinajstić information content (AvgIpc) is 2.82. The van der Waals surface area contributed by atoms with Crippen molar-refractivity contribution in [2.45, 2.75) is 65.5 Å². The number of likely N-dealkylation sites (tertiary alicyclic amines) is 1. The van der Waals surface area contributed by atoms with Gasteiger partial charge in [-0.25, -0.2) is 0 Å². The Morgan fingerprint density at radius 2 is 2.05 bits per heavy atom. The Balaban J connectivity index is 1.67. The van der Waals surface area contributed by atoms with Crippen LogP contribution in [0.25, 0.3) is 0 Å². The van der Waals surface area contributed by atoms with Crippen molar-refractivity contribution < 1.29 is 0 Å². The van der Waals surface area contributed by atoms with Gasteiger partial charge in [0, 0.05) is 32.0 Å². The number of fused-ring (bicyclic) bond motifs is 1. The summed E-state index contributed by atoms with van der Waals surface area (Å²) in [6.07, 6.45) is 6.17. The maximum Gasteiger partial charge on any atom is 0.133 e. The molecule has 3 rings (SSSR count). The number of piperidine rings is 1. The second-order valence-corrected chi connectivity index (χ2v) is 7.09. The van der Waals surface area contributed by atoms with Gasteiger partial charge in [-0.3, -0.25) is 0 Å². The molecule has 4 nitrogen and oxygen atoms in total. The second kappa shape index (κ2) is 5.84. The third-order valence-electron chi connectivity index (χ3n) is 5.01. The number of nitrogens with zero attached hydrogens (tertiary/aromatic N) is 4. The van der Waals surface area contributed by atoms with E-state index in [0.717, 1.165) is 31.2 Å². The molecule has 20 heavy (non-hydrogen) atoms. The molecule has 1 aromatic heterocycles. The van der Waals surface area contributed by atoms with E-state index in [2.05, 4.69) is 40.4 Å². The highest BCUT2D eigenvalue weighted by Gasteiger charge is 2.26. The van der Waals surface area contributed by atoms with Crippen LogP contribution >= 0.6 is 0 Å². The molecule has 2 aliphatic rings. The van der Waals surface area contributed by atoms with E-state index in [9.17, 15) is 0 Å². The van der Waals surface area contributed by atoms with Gasteiger partial charge in [-0.05, 0) is 51.5 Å². The van der Waals surface area contributed by atoms with Crippen molar-refractivity contribution >= 4 is 0 Å². The van der Waals surface area contributed by atoms with Crippen molar-refractivity contribution in [2.75, 3.05) is 13.1 Å². The van der Waals surface area contributed by atoms with E-state index in [1.165, 1.54) is 44.0 Å². The van der Waals surface area contributed by atoms with Gasteiger partial charge in [-0.2, -0.15) is 0 Å². The minimum Gasteiger partial charge on any atom is -0.315 e. The van der Waals surface area contributed by atoms with Gasteiger partial charge >= 0.3 is 0 Å². The first-order valence-corrected chi connectivity index (χ1v) is 8.28. The van der Waals surface area contributed by atoms with E-state index in [1.54, 1.807) is 0 Å². The molecule has 0 aliphatic carbocycles. The molecule has 4 heteroatoms. The molecule has 0 spiro atoms. The molecule has 1 saturated heterocycles. The van der Waals surface area contributed by atoms with E-state index in [0.29, 0.717) is 6.04 Å². The van der Waals surface area contributed by atoms with Crippen LogP contribution in [0.4, 0.5) is 0 Å². The molecule has 2 atom stereocenters. The SMILES string of the molecule is CC1CCc2nnc(CC3CCCN(C(C)C)C3)n2C1. The molecule has 0 aromatic carbocycles. The van der Waals surface area contributed by atoms with Crippen LogP contribution in [0.3, 0.4) is 0 Å². The van der Waals surface area contributed by atoms with Crippen LogP contribution in [0, 0.1) is 11.8 Å². The molecular weight excluding hydrogens is 248 g/mol. The molecule has 3 heterocycles. The third kappa shape index (κ3) is 2.90. The molecule has 1 fully saturated rings. The van der Waals surface area contributed by atoms with Crippen molar-refractivity contribution in [3.05, 3.63) is 11.6 Å². The topological polar surface area (TPSA) is 34.0 Å². The van der Waals surface area contributed by atoms with Gasteiger partial charge in [0.15, 0.2) is 0 Å². The summed E-state index contributed by atoms with van der Waals surface area (Å²) in [6.45, 7) is 10.6. The monoisotopic (exact) mass is 276 g/mol. The number of hydrogen-bond acceptors (Lipinski definition) is 3. The summed E-state index contributed by atoms with van der Waals surface area (Å²) in [5, 5.41) is 8.90. The van der Waals surface area contributed by atoms with Gasteiger partial charge in [-0.1, -0.05) is 6.92 Å². The Morgan fingerprint density at radius 3 is 2.85 bits per heavy atom. The molecule has 0 N–H and O–H groups in total. The van der Waals surface area contributed by atoms with E-state index in [-0.39, 0.29) is 0 Å². The Kier molecular flexibility index (Phi) is 4.11. The molecule has 0 radical (unpaired) electrons. The number of rotatable bonds is 3. The fourth-order valence-corrected chi connectivity index (χ4v) is 3.69. The molecule has 112 valence electrons. The van der Waals surface area contributed by atoms with Crippen LogP contribution in [0.5, 0.6) is 0 Å². The quantitative estimate of drug-likeness (QED) is 0.850. The first kappa shape index (κ1) is 14.1. The smallest absolute Gasteiger partial charge is 0.133 e. The minimum absolute atomic E-state index is 0.671. The molecule has 2 aliphatic heterocycles. The van der Waals surface area contributed by atoms with Crippen molar-refractivity contribution in [3.8, 4) is 0 Å². The number of hydrogen-bond donors (Lipinski definition) is 0. The third-order valence-corrected chi connectivity index (χ3v) is 5.01. The first-order valence-electron chi connectivity index (χ1n) is 8.28. The zero-order valence-corrected chi connectivity index (χ0v) is 13.2. The maximum atomic E-state index is 4.49. The average molecular weight is 276 g/mol. The summed E-state index contributed by atoms with van der Waals surface area (Å²) in [6, 6.07) is 0.671. The Morgan fingerprint density at radius 1 is 1.20 bits per heavy atom. The highest BCUT2D eigenvalue weighted by Crippen LogP contribution is 2.24. The molecule has 2 unspecified atom stereocenters. The standard InChI is InChI=1S/C16H28N4/c1-12(2)19-8-4-5-14(11-19)9-16-18-17-15-7-6-13(3)10-20(15)16/h12-14H,4-11H2,1-3H3. The summed E-state index contributed by atoms with van der Waals surface area (Å²) in [5.41, 5.74) is 0. The summed E-state index contributed by atoms with van der Waals surface area (Å²) < 4.78 is 2.41. The summed E-state index contributed by atoms with van der Waals surface area (Å²) in [4.78, 5) is 2.62. The van der Waals surface area contributed by atoms with Crippen LogP contribution in [-0.2, 0) is 19.4 Å². The lowest BCUT2D eigenvalue weighted by Crippen LogP contribution is -2.40. The summed E-state index contributed by atoms with van der Waals surface area (Å²) >= 11 is 0. The van der Waals surface area contributed by atoms with Crippen LogP contribution in [0.2, 0.25) is 0 Å². The van der Waals surface area contributed by atoms with Crippen LogP contribution in [0.15, 0.2) is 0 Å². The fourth-order valence-electron chi connectivity index (χ4n) is 3.69. The Labute approximate surface area is 122 Å². The Hall–Kier alpha value is -0.900. The lowest BCUT2D eigenvalue weighted by atomic mass is 9.93. The largest absolute Gasteiger partial charge is 0.315 e. The zero-order chi connectivity index (χ0) is 14.1. The zero-order valence-electron chi connectivity index (χ0n) is 13.2. The van der Waals surface area contributed by atoms with E-state index >= 15 is 0 Å². The highest BCUT2D eigenvalue weighted by atomic mass is 15.3. The van der Waals surface area contributed by atoms with Crippen molar-refractivity contribution in [1.82, 2.24) is 19.7 Å².